The summed E-state index contributed by atoms with van der Waals surface area (Å²) in [6.07, 6.45) is 3.65. The fraction of sp³-hybridized carbons (Fsp3) is 0.667. The largest absolute Gasteiger partial charge is 0.326 e. The lowest BCUT2D eigenvalue weighted by Gasteiger charge is -2.31. The zero-order valence-electron chi connectivity index (χ0n) is 9.96. The van der Waals surface area contributed by atoms with Gasteiger partial charge < -0.3 is 5.73 Å². The van der Waals surface area contributed by atoms with Crippen LogP contribution in [0.15, 0.2) is 14.3 Å². The van der Waals surface area contributed by atoms with Gasteiger partial charge in [0.05, 0.1) is 9.83 Å². The molecular weight excluding hydrogens is 364 g/mol. The summed E-state index contributed by atoms with van der Waals surface area (Å²) in [4.78, 5) is 3.89. The van der Waals surface area contributed by atoms with E-state index in [9.17, 15) is 0 Å². The molecule has 2 nitrogen and oxygen atoms in total. The van der Waals surface area contributed by atoms with Crippen molar-refractivity contribution in [3.05, 3.63) is 19.2 Å². The standard InChI is InChI=1S/C12H18Br2N2S/c1-2-16-6-4-3-5-9(15)11(16)10-7-8(13)12(14)17-10/h7,9,11H,2-6,15H2,1H3. The van der Waals surface area contributed by atoms with Crippen LogP contribution in [0.1, 0.15) is 37.1 Å². The second-order valence-corrected chi connectivity index (χ2v) is 7.76. The molecular formula is C12H18Br2N2S. The molecule has 2 unspecified atom stereocenters. The average molecular weight is 382 g/mol. The van der Waals surface area contributed by atoms with Gasteiger partial charge in [-0.3, -0.25) is 4.90 Å². The maximum absolute atomic E-state index is 6.37. The Hall–Kier alpha value is 0.580. The molecule has 1 aliphatic rings. The Morgan fingerprint density at radius 3 is 2.82 bits per heavy atom. The predicted molar refractivity (Wildman–Crippen MR) is 81.5 cm³/mol. The first kappa shape index (κ1) is 14.0. The van der Waals surface area contributed by atoms with Crippen LogP contribution in [0.4, 0.5) is 0 Å². The number of likely N-dealkylation sites (N-methyl/N-ethyl adjacent to an activating group) is 1. The third-order valence-corrected chi connectivity index (χ3v) is 6.72. The van der Waals surface area contributed by atoms with Gasteiger partial charge in [0.25, 0.3) is 0 Å². The van der Waals surface area contributed by atoms with Gasteiger partial charge in [-0.1, -0.05) is 13.3 Å². The molecule has 2 N–H and O–H groups in total. The summed E-state index contributed by atoms with van der Waals surface area (Å²) < 4.78 is 2.31. The van der Waals surface area contributed by atoms with E-state index in [0.29, 0.717) is 6.04 Å². The van der Waals surface area contributed by atoms with E-state index in [1.807, 2.05) is 0 Å². The first-order chi connectivity index (χ1) is 8.13. The summed E-state index contributed by atoms with van der Waals surface area (Å²) in [6.45, 7) is 4.47. The van der Waals surface area contributed by atoms with Crippen molar-refractivity contribution in [2.45, 2.75) is 38.3 Å². The van der Waals surface area contributed by atoms with Crippen LogP contribution < -0.4 is 5.73 Å². The van der Waals surface area contributed by atoms with Gasteiger partial charge >= 0.3 is 0 Å². The SMILES string of the molecule is CCN1CCCCC(N)C1c1cc(Br)c(Br)s1. The van der Waals surface area contributed by atoms with E-state index in [4.69, 9.17) is 5.73 Å². The smallest absolute Gasteiger partial charge is 0.0843 e. The molecule has 17 heavy (non-hydrogen) atoms. The van der Waals surface area contributed by atoms with Crippen LogP contribution in [-0.4, -0.2) is 24.0 Å². The molecule has 1 aliphatic heterocycles. The Morgan fingerprint density at radius 2 is 2.24 bits per heavy atom. The summed E-state index contributed by atoms with van der Waals surface area (Å²) in [5.41, 5.74) is 6.37. The number of nitrogens with two attached hydrogens (primary N) is 1. The second-order valence-electron chi connectivity index (χ2n) is 4.50. The number of hydrogen-bond acceptors (Lipinski definition) is 3. The topological polar surface area (TPSA) is 29.3 Å². The predicted octanol–water partition coefficient (Wildman–Crippen LogP) is 4.15. The van der Waals surface area contributed by atoms with Crippen molar-refractivity contribution in [2.24, 2.45) is 5.73 Å². The third-order valence-electron chi connectivity index (χ3n) is 3.39. The van der Waals surface area contributed by atoms with Crippen molar-refractivity contribution >= 4 is 43.2 Å². The minimum atomic E-state index is 0.259. The molecule has 1 aromatic rings. The van der Waals surface area contributed by atoms with Gasteiger partial charge in [-0.05, 0) is 63.9 Å². The van der Waals surface area contributed by atoms with Crippen LogP contribution in [0, 0.1) is 0 Å². The molecule has 1 fully saturated rings. The molecule has 5 heteroatoms. The molecule has 0 aromatic carbocycles. The van der Waals surface area contributed by atoms with Gasteiger partial charge in [0, 0.05) is 15.4 Å². The quantitative estimate of drug-likeness (QED) is 0.833. The number of halogens is 2. The molecule has 0 radical (unpaired) electrons. The van der Waals surface area contributed by atoms with E-state index < -0.39 is 0 Å². The lowest BCUT2D eigenvalue weighted by atomic mass is 10.0. The molecule has 2 heterocycles. The molecule has 0 bridgehead atoms. The Labute approximate surface area is 124 Å². The monoisotopic (exact) mass is 380 g/mol. The maximum Gasteiger partial charge on any atom is 0.0843 e. The number of nitrogens with zero attached hydrogens (tertiary/aromatic N) is 1. The summed E-state index contributed by atoms with van der Waals surface area (Å²) >= 11 is 8.95. The van der Waals surface area contributed by atoms with Crippen LogP contribution in [0.5, 0.6) is 0 Å². The Bertz CT molecular complexity index is 361. The van der Waals surface area contributed by atoms with Crippen molar-refractivity contribution in [1.29, 1.82) is 0 Å². The molecule has 0 spiro atoms. The van der Waals surface area contributed by atoms with Crippen molar-refractivity contribution in [3.63, 3.8) is 0 Å². The zero-order valence-corrected chi connectivity index (χ0v) is 13.9. The summed E-state index contributed by atoms with van der Waals surface area (Å²) in [6, 6.07) is 2.86. The second kappa shape index (κ2) is 6.15. The van der Waals surface area contributed by atoms with E-state index in [1.54, 1.807) is 11.3 Å². The van der Waals surface area contributed by atoms with Crippen molar-refractivity contribution in [1.82, 2.24) is 4.90 Å². The van der Waals surface area contributed by atoms with E-state index >= 15 is 0 Å². The van der Waals surface area contributed by atoms with E-state index in [2.05, 4.69) is 49.7 Å². The minimum absolute atomic E-state index is 0.259. The highest BCUT2D eigenvalue weighted by Gasteiger charge is 2.29. The molecule has 0 saturated carbocycles. The molecule has 1 aromatic heterocycles. The van der Waals surface area contributed by atoms with E-state index in [0.717, 1.165) is 17.4 Å². The van der Waals surface area contributed by atoms with Crippen LogP contribution in [0.3, 0.4) is 0 Å². The first-order valence-corrected chi connectivity index (χ1v) is 8.48. The van der Waals surface area contributed by atoms with Crippen LogP contribution >= 0.6 is 43.2 Å². The fourth-order valence-corrected chi connectivity index (χ4v) is 4.82. The van der Waals surface area contributed by atoms with Gasteiger partial charge in [0.15, 0.2) is 0 Å². The Balaban J connectivity index is 2.30. The van der Waals surface area contributed by atoms with Crippen molar-refractivity contribution in [3.8, 4) is 0 Å². The summed E-state index contributed by atoms with van der Waals surface area (Å²) in [7, 11) is 0. The molecule has 0 amide bonds. The van der Waals surface area contributed by atoms with E-state index in [-0.39, 0.29) is 6.04 Å². The average Bonchev–Trinajstić information content (AvgIpc) is 2.51. The first-order valence-electron chi connectivity index (χ1n) is 6.07. The highest BCUT2D eigenvalue weighted by atomic mass is 79.9. The highest BCUT2D eigenvalue weighted by molar-refractivity contribution is 9.13. The van der Waals surface area contributed by atoms with Crippen LogP contribution in [0.2, 0.25) is 0 Å². The van der Waals surface area contributed by atoms with Gasteiger partial charge in [0.1, 0.15) is 0 Å². The zero-order chi connectivity index (χ0) is 12.4. The van der Waals surface area contributed by atoms with Crippen LogP contribution in [-0.2, 0) is 0 Å². The fourth-order valence-electron chi connectivity index (χ4n) is 2.52. The van der Waals surface area contributed by atoms with Crippen molar-refractivity contribution < 1.29 is 0 Å². The Morgan fingerprint density at radius 1 is 1.47 bits per heavy atom. The summed E-state index contributed by atoms with van der Waals surface area (Å²) in [5.74, 6) is 0. The maximum atomic E-state index is 6.37. The molecule has 96 valence electrons. The number of likely N-dealkylation sites (tertiary alicyclic amines) is 1. The molecule has 0 aliphatic carbocycles. The van der Waals surface area contributed by atoms with Gasteiger partial charge in [-0.15, -0.1) is 11.3 Å². The van der Waals surface area contributed by atoms with E-state index in [1.165, 1.54) is 28.0 Å². The van der Waals surface area contributed by atoms with Crippen LogP contribution in [0.25, 0.3) is 0 Å². The van der Waals surface area contributed by atoms with Crippen molar-refractivity contribution in [2.75, 3.05) is 13.1 Å². The molecule has 2 rings (SSSR count). The highest BCUT2D eigenvalue weighted by Crippen LogP contribution is 2.39. The van der Waals surface area contributed by atoms with Gasteiger partial charge in [-0.25, -0.2) is 0 Å². The Kier molecular flexibility index (Phi) is 5.06. The lowest BCUT2D eigenvalue weighted by molar-refractivity contribution is 0.198. The number of thiophene rings is 1. The number of rotatable bonds is 2. The third kappa shape index (κ3) is 3.13. The molecule has 2 atom stereocenters. The number of hydrogen-bond donors (Lipinski definition) is 1. The van der Waals surface area contributed by atoms with Gasteiger partial charge in [-0.2, -0.15) is 0 Å². The van der Waals surface area contributed by atoms with Gasteiger partial charge in [0.2, 0.25) is 0 Å². The normalized spacial score (nSPS) is 27.1. The lowest BCUT2D eigenvalue weighted by Crippen LogP contribution is -2.39. The minimum Gasteiger partial charge on any atom is -0.326 e. The molecule has 1 saturated heterocycles. The summed E-state index contributed by atoms with van der Waals surface area (Å²) in [5, 5.41) is 0.